The highest BCUT2D eigenvalue weighted by molar-refractivity contribution is 5.88. The number of halogens is 3. The Labute approximate surface area is 156 Å². The van der Waals surface area contributed by atoms with E-state index in [1.54, 1.807) is 12.1 Å². The largest absolute Gasteiger partial charge is 0.378 e. The number of benzene rings is 3. The van der Waals surface area contributed by atoms with E-state index in [-0.39, 0.29) is 5.56 Å². The Bertz CT molecular complexity index is 1030. The molecule has 3 aromatic rings. The van der Waals surface area contributed by atoms with Crippen LogP contribution in [-0.2, 0) is 0 Å². The molecule has 0 atom stereocenters. The maximum absolute atomic E-state index is 13.5. The number of aliphatic hydroxyl groups is 1. The van der Waals surface area contributed by atoms with Crippen molar-refractivity contribution < 1.29 is 18.3 Å². The van der Waals surface area contributed by atoms with Gasteiger partial charge in [0.2, 0.25) is 0 Å². The van der Waals surface area contributed by atoms with Crippen LogP contribution < -0.4 is 0 Å². The van der Waals surface area contributed by atoms with E-state index in [0.29, 0.717) is 18.4 Å². The quantitative estimate of drug-likeness (QED) is 0.456. The van der Waals surface area contributed by atoms with Gasteiger partial charge < -0.3 is 5.11 Å². The maximum atomic E-state index is 13.5. The van der Waals surface area contributed by atoms with Crippen LogP contribution in [0.3, 0.4) is 0 Å². The van der Waals surface area contributed by atoms with Gasteiger partial charge in [-0.3, -0.25) is 0 Å². The molecule has 0 fully saturated rings. The average molecular weight is 368 g/mol. The Morgan fingerprint density at radius 2 is 1.41 bits per heavy atom. The molecule has 0 unspecified atom stereocenters. The average Bonchev–Trinajstić information content (AvgIpc) is 2.69. The van der Waals surface area contributed by atoms with Crippen molar-refractivity contribution in [3.63, 3.8) is 0 Å². The highest BCUT2D eigenvalue weighted by atomic mass is 19.2. The first-order valence-electron chi connectivity index (χ1n) is 8.79. The van der Waals surface area contributed by atoms with Crippen molar-refractivity contribution in [3.05, 3.63) is 71.5 Å². The van der Waals surface area contributed by atoms with Crippen LogP contribution in [0.5, 0.6) is 0 Å². The molecule has 3 rings (SSSR count). The van der Waals surface area contributed by atoms with Gasteiger partial charge in [0.1, 0.15) is 5.60 Å². The third kappa shape index (κ3) is 3.99. The van der Waals surface area contributed by atoms with Crippen molar-refractivity contribution in [2.24, 2.45) is 0 Å². The number of hydrogen-bond donors (Lipinski definition) is 1. The number of rotatable bonds is 3. The molecule has 0 spiro atoms. The summed E-state index contributed by atoms with van der Waals surface area (Å²) in [6.45, 7) is 3.78. The molecule has 4 heteroatoms. The maximum Gasteiger partial charge on any atom is 0.194 e. The normalized spacial score (nSPS) is 11.3. The van der Waals surface area contributed by atoms with Crippen LogP contribution in [0.15, 0.2) is 48.5 Å². The summed E-state index contributed by atoms with van der Waals surface area (Å²) in [5, 5.41) is 12.0. The first kappa shape index (κ1) is 19.0. The van der Waals surface area contributed by atoms with E-state index in [1.807, 2.05) is 38.1 Å². The van der Waals surface area contributed by atoms with Crippen molar-refractivity contribution >= 4 is 10.8 Å². The smallest absolute Gasteiger partial charge is 0.194 e. The van der Waals surface area contributed by atoms with Crippen molar-refractivity contribution in [2.45, 2.75) is 32.3 Å². The van der Waals surface area contributed by atoms with Gasteiger partial charge in [-0.25, -0.2) is 13.2 Å². The van der Waals surface area contributed by atoms with Crippen LogP contribution in [0.25, 0.3) is 21.9 Å². The fraction of sp³-hybridized carbons (Fsp3) is 0.217. The van der Waals surface area contributed by atoms with E-state index in [9.17, 15) is 18.3 Å². The predicted octanol–water partition coefficient (Wildman–Crippen LogP) is 5.83. The second-order valence-electron chi connectivity index (χ2n) is 6.52. The summed E-state index contributed by atoms with van der Waals surface area (Å²) < 4.78 is 40.1. The van der Waals surface area contributed by atoms with Crippen LogP contribution in [0.2, 0.25) is 0 Å². The minimum absolute atomic E-state index is 0.271. The molecule has 0 saturated heterocycles. The lowest BCUT2D eigenvalue weighted by atomic mass is 9.97. The van der Waals surface area contributed by atoms with Crippen LogP contribution >= 0.6 is 0 Å². The first-order valence-corrected chi connectivity index (χ1v) is 8.79. The van der Waals surface area contributed by atoms with Gasteiger partial charge in [0.25, 0.3) is 0 Å². The zero-order chi connectivity index (χ0) is 19.6. The Morgan fingerprint density at radius 1 is 0.815 bits per heavy atom. The minimum Gasteiger partial charge on any atom is -0.378 e. The molecule has 1 nitrogen and oxygen atoms in total. The van der Waals surface area contributed by atoms with E-state index in [4.69, 9.17) is 0 Å². The molecular weight excluding hydrogens is 349 g/mol. The first-order chi connectivity index (χ1) is 12.8. The molecule has 0 heterocycles. The highest BCUT2D eigenvalue weighted by Gasteiger charge is 2.18. The van der Waals surface area contributed by atoms with E-state index >= 15 is 0 Å². The van der Waals surface area contributed by atoms with Gasteiger partial charge in [0.05, 0.1) is 0 Å². The summed E-state index contributed by atoms with van der Waals surface area (Å²) in [5.74, 6) is 2.03. The third-order valence-corrected chi connectivity index (χ3v) is 4.77. The summed E-state index contributed by atoms with van der Waals surface area (Å²) in [6, 6.07) is 12.9. The van der Waals surface area contributed by atoms with Gasteiger partial charge in [-0.1, -0.05) is 43.9 Å². The second kappa shape index (κ2) is 7.46. The fourth-order valence-corrected chi connectivity index (χ4v) is 2.84. The van der Waals surface area contributed by atoms with Gasteiger partial charge in [0, 0.05) is 5.56 Å². The molecular formula is C23H19F3O. The molecule has 0 aliphatic rings. The molecule has 1 N–H and O–H groups in total. The SMILES string of the molecule is CCC(O)(C#Cc1ccc2cc(-c3cc(F)c(F)c(F)c3)ccc2c1)CC. The van der Waals surface area contributed by atoms with Crippen LogP contribution in [0.1, 0.15) is 32.3 Å². The van der Waals surface area contributed by atoms with Crippen molar-refractivity contribution in [1.29, 1.82) is 0 Å². The molecule has 3 aromatic carbocycles. The summed E-state index contributed by atoms with van der Waals surface area (Å²) >= 11 is 0. The second-order valence-corrected chi connectivity index (χ2v) is 6.52. The Kier molecular flexibility index (Phi) is 5.25. The summed E-state index contributed by atoms with van der Waals surface area (Å²) in [4.78, 5) is 0. The highest BCUT2D eigenvalue weighted by Crippen LogP contribution is 2.27. The topological polar surface area (TPSA) is 20.2 Å². The zero-order valence-corrected chi connectivity index (χ0v) is 15.1. The standard InChI is InChI=1S/C23H19F3O/c1-3-23(27,4-2)10-9-15-5-6-17-12-18(8-7-16(17)11-15)19-13-20(24)22(26)21(25)14-19/h5-8,11-14,27H,3-4H2,1-2H3. The monoisotopic (exact) mass is 368 g/mol. The van der Waals surface area contributed by atoms with Crippen molar-refractivity contribution in [3.8, 4) is 23.0 Å². The summed E-state index contributed by atoms with van der Waals surface area (Å²) in [6.07, 6.45) is 1.11. The van der Waals surface area contributed by atoms with Crippen LogP contribution in [-0.4, -0.2) is 10.7 Å². The Balaban J connectivity index is 1.98. The molecule has 0 bridgehead atoms. The van der Waals surface area contributed by atoms with Gasteiger partial charge in [-0.05, 0) is 65.1 Å². The Hall–Kier alpha value is -2.77. The van der Waals surface area contributed by atoms with Crippen molar-refractivity contribution in [2.75, 3.05) is 0 Å². The summed E-state index contributed by atoms with van der Waals surface area (Å²) in [7, 11) is 0. The lowest BCUT2D eigenvalue weighted by molar-refractivity contribution is 0.0931. The van der Waals surface area contributed by atoms with Gasteiger partial charge in [-0.15, -0.1) is 0 Å². The fourth-order valence-electron chi connectivity index (χ4n) is 2.84. The third-order valence-electron chi connectivity index (χ3n) is 4.77. The van der Waals surface area contributed by atoms with Crippen LogP contribution in [0.4, 0.5) is 13.2 Å². The van der Waals surface area contributed by atoms with E-state index in [2.05, 4.69) is 11.8 Å². The predicted molar refractivity (Wildman–Crippen MR) is 102 cm³/mol. The van der Waals surface area contributed by atoms with Gasteiger partial charge in [0.15, 0.2) is 17.5 Å². The molecule has 0 aromatic heterocycles. The minimum atomic E-state index is -1.47. The van der Waals surface area contributed by atoms with E-state index < -0.39 is 23.1 Å². The van der Waals surface area contributed by atoms with E-state index in [0.717, 1.165) is 28.5 Å². The Morgan fingerprint density at radius 3 is 2.04 bits per heavy atom. The van der Waals surface area contributed by atoms with Crippen molar-refractivity contribution in [1.82, 2.24) is 0 Å². The number of hydrogen-bond acceptors (Lipinski definition) is 1. The molecule has 0 amide bonds. The van der Waals surface area contributed by atoms with E-state index in [1.165, 1.54) is 0 Å². The molecule has 138 valence electrons. The molecule has 0 aliphatic heterocycles. The van der Waals surface area contributed by atoms with Gasteiger partial charge in [-0.2, -0.15) is 0 Å². The molecule has 0 radical (unpaired) electrons. The number of fused-ring (bicyclic) bond motifs is 1. The molecule has 0 saturated carbocycles. The zero-order valence-electron chi connectivity index (χ0n) is 15.1. The molecule has 0 aliphatic carbocycles. The van der Waals surface area contributed by atoms with Crippen LogP contribution in [0, 0.1) is 29.3 Å². The molecule has 27 heavy (non-hydrogen) atoms. The lowest BCUT2D eigenvalue weighted by Gasteiger charge is -2.17. The summed E-state index contributed by atoms with van der Waals surface area (Å²) in [5.41, 5.74) is 0.642. The van der Waals surface area contributed by atoms with Gasteiger partial charge >= 0.3 is 0 Å². The lowest BCUT2D eigenvalue weighted by Crippen LogP contribution is -2.23.